The molecule has 0 N–H and O–H groups in total. The maximum atomic E-state index is 2.26. The number of hydrogen-bond acceptors (Lipinski definition) is 0. The van der Waals surface area contributed by atoms with Crippen molar-refractivity contribution >= 4 is 0 Å². The average molecular weight is 352 g/mol. The van der Waals surface area contributed by atoms with Gasteiger partial charge in [0.25, 0.3) is 0 Å². The zero-order chi connectivity index (χ0) is 11.9. The zero-order valence-corrected chi connectivity index (χ0v) is 14.0. The molecule has 0 aromatic heterocycles. The van der Waals surface area contributed by atoms with Crippen LogP contribution in [-0.4, -0.2) is 25.1 Å². The standard InChI is InChI=1S/C10H17N.C5H5.BrH.Fe/c1-4-11(2,3)9-10-7-5-6-8-10;1-2-4-5-3-1;;/h5-8H,4,9H2,1-3H3;1-5H;1H;/q;-1;;+2/p-1. The molecule has 0 atom stereocenters. The maximum Gasteiger partial charge on any atom is 2.00 e. The van der Waals surface area contributed by atoms with Crippen molar-refractivity contribution in [3.05, 3.63) is 60.2 Å². The van der Waals surface area contributed by atoms with Gasteiger partial charge in [-0.2, -0.15) is 30.3 Å². The average Bonchev–Trinajstić information content (AvgIpc) is 2.91. The molecule has 0 aliphatic carbocycles. The third-order valence-corrected chi connectivity index (χ3v) is 2.75. The van der Waals surface area contributed by atoms with Crippen LogP contribution in [0.15, 0.2) is 54.6 Å². The van der Waals surface area contributed by atoms with Crippen molar-refractivity contribution in [1.29, 1.82) is 0 Å². The van der Waals surface area contributed by atoms with Crippen LogP contribution in [0, 0.1) is 0 Å². The largest absolute Gasteiger partial charge is 2.00 e. The van der Waals surface area contributed by atoms with Gasteiger partial charge in [-0.1, -0.05) is 0 Å². The molecule has 0 amide bonds. The fourth-order valence-electron chi connectivity index (χ4n) is 1.45. The molecule has 0 spiro atoms. The molecule has 0 aliphatic heterocycles. The number of hydrogen-bond donors (Lipinski definition) is 0. The van der Waals surface area contributed by atoms with Crippen LogP contribution in [0.3, 0.4) is 0 Å². The third-order valence-electron chi connectivity index (χ3n) is 2.75. The molecule has 0 radical (unpaired) electrons. The van der Waals surface area contributed by atoms with E-state index < -0.39 is 0 Å². The molecule has 0 aliphatic rings. The first-order chi connectivity index (χ1) is 7.64. The number of rotatable bonds is 3. The Bertz CT molecular complexity index is 335. The van der Waals surface area contributed by atoms with Gasteiger partial charge >= 0.3 is 17.1 Å². The van der Waals surface area contributed by atoms with Crippen LogP contribution in [0.25, 0.3) is 0 Å². The monoisotopic (exact) mass is 351 g/mol. The van der Waals surface area contributed by atoms with E-state index in [0.29, 0.717) is 0 Å². The van der Waals surface area contributed by atoms with Crippen molar-refractivity contribution in [2.75, 3.05) is 20.6 Å². The first-order valence-corrected chi connectivity index (χ1v) is 5.83. The van der Waals surface area contributed by atoms with Crippen molar-refractivity contribution in [3.63, 3.8) is 0 Å². The normalized spacial score (nSPS) is 9.50. The Balaban J connectivity index is 0. The summed E-state index contributed by atoms with van der Waals surface area (Å²) in [6.45, 7) is 4.55. The SMILES string of the molecule is CC[N+](C)(C)Cc1ccc[cH-]1.[Br-].[Fe+2].c1cc[cH-]c1. The van der Waals surface area contributed by atoms with E-state index in [2.05, 4.69) is 45.3 Å². The molecule has 0 unspecified atom stereocenters. The minimum atomic E-state index is 0. The summed E-state index contributed by atoms with van der Waals surface area (Å²) in [5, 5.41) is 0. The molecule has 2 aromatic carbocycles. The maximum absolute atomic E-state index is 2.26. The van der Waals surface area contributed by atoms with E-state index in [-0.39, 0.29) is 34.1 Å². The van der Waals surface area contributed by atoms with Gasteiger partial charge in [-0.15, -0.1) is 5.56 Å². The van der Waals surface area contributed by atoms with Gasteiger partial charge in [0.15, 0.2) is 0 Å². The fourth-order valence-corrected chi connectivity index (χ4v) is 1.45. The third kappa shape index (κ3) is 8.71. The number of halogens is 1. The fraction of sp³-hybridized carbons (Fsp3) is 0.333. The van der Waals surface area contributed by atoms with Gasteiger partial charge in [0.05, 0.1) is 27.2 Å². The molecule has 0 bridgehead atoms. The Morgan fingerprint density at radius 2 is 1.67 bits per heavy atom. The summed E-state index contributed by atoms with van der Waals surface area (Å²) in [6, 6.07) is 18.6. The van der Waals surface area contributed by atoms with E-state index in [1.807, 2.05) is 30.3 Å². The molecule has 3 heteroatoms. The van der Waals surface area contributed by atoms with Crippen molar-refractivity contribution in [3.8, 4) is 0 Å². The Labute approximate surface area is 132 Å². The minimum Gasteiger partial charge on any atom is -1.00 e. The van der Waals surface area contributed by atoms with Gasteiger partial charge in [0, 0.05) is 0 Å². The van der Waals surface area contributed by atoms with Gasteiger partial charge in [0.1, 0.15) is 0 Å². The smallest absolute Gasteiger partial charge is 1.00 e. The van der Waals surface area contributed by atoms with Crippen molar-refractivity contribution in [1.82, 2.24) is 0 Å². The number of nitrogens with zero attached hydrogens (tertiary/aromatic N) is 1. The van der Waals surface area contributed by atoms with E-state index in [9.17, 15) is 0 Å². The first-order valence-electron chi connectivity index (χ1n) is 5.83. The van der Waals surface area contributed by atoms with E-state index in [4.69, 9.17) is 0 Å². The van der Waals surface area contributed by atoms with E-state index in [0.717, 1.165) is 11.0 Å². The molecule has 0 saturated carbocycles. The van der Waals surface area contributed by atoms with Crippen LogP contribution < -0.4 is 17.0 Å². The molecular weight excluding hydrogens is 330 g/mol. The van der Waals surface area contributed by atoms with Crippen LogP contribution in [0.1, 0.15) is 12.5 Å². The summed E-state index contributed by atoms with van der Waals surface area (Å²) in [4.78, 5) is 0. The Hall–Kier alpha value is -0.341. The van der Waals surface area contributed by atoms with Crippen LogP contribution in [0.5, 0.6) is 0 Å². The van der Waals surface area contributed by atoms with Gasteiger partial charge in [-0.05, 0) is 6.92 Å². The van der Waals surface area contributed by atoms with Crippen molar-refractivity contribution in [2.24, 2.45) is 0 Å². The molecule has 2 aromatic rings. The Morgan fingerprint density at radius 3 is 2.00 bits per heavy atom. The number of quaternary nitrogens is 1. The molecule has 102 valence electrons. The van der Waals surface area contributed by atoms with Gasteiger partial charge in [-0.3, -0.25) is 0 Å². The van der Waals surface area contributed by atoms with Gasteiger partial charge in [0.2, 0.25) is 0 Å². The molecular formula is C15H22BrFeN. The predicted octanol–water partition coefficient (Wildman–Crippen LogP) is 0.409. The van der Waals surface area contributed by atoms with E-state index in [1.165, 1.54) is 12.1 Å². The second-order valence-electron chi connectivity index (χ2n) is 4.67. The topological polar surface area (TPSA) is 0 Å². The van der Waals surface area contributed by atoms with Crippen LogP contribution in [0.2, 0.25) is 0 Å². The molecule has 0 heterocycles. The predicted molar refractivity (Wildman–Crippen MR) is 70.4 cm³/mol. The molecule has 1 nitrogen and oxygen atoms in total. The Kier molecular flexibility index (Phi) is 11.7. The molecule has 18 heavy (non-hydrogen) atoms. The summed E-state index contributed by atoms with van der Waals surface area (Å²) >= 11 is 0. The summed E-state index contributed by atoms with van der Waals surface area (Å²) in [6.07, 6.45) is 0. The van der Waals surface area contributed by atoms with Gasteiger partial charge < -0.3 is 21.5 Å². The van der Waals surface area contributed by atoms with E-state index in [1.54, 1.807) is 0 Å². The van der Waals surface area contributed by atoms with Crippen LogP contribution in [0.4, 0.5) is 0 Å². The molecule has 0 fully saturated rings. The van der Waals surface area contributed by atoms with Gasteiger partial charge in [-0.25, -0.2) is 24.3 Å². The summed E-state index contributed by atoms with van der Waals surface area (Å²) in [5.41, 5.74) is 1.44. The second kappa shape index (κ2) is 10.6. The second-order valence-corrected chi connectivity index (χ2v) is 4.67. The van der Waals surface area contributed by atoms with Crippen LogP contribution >= 0.6 is 0 Å². The molecule has 2 rings (SSSR count). The molecule has 0 saturated heterocycles. The Morgan fingerprint density at radius 1 is 1.06 bits per heavy atom. The zero-order valence-electron chi connectivity index (χ0n) is 11.3. The summed E-state index contributed by atoms with van der Waals surface area (Å²) in [5.74, 6) is 0. The van der Waals surface area contributed by atoms with Crippen molar-refractivity contribution < 1.29 is 38.5 Å². The van der Waals surface area contributed by atoms with E-state index >= 15 is 0 Å². The van der Waals surface area contributed by atoms with Crippen LogP contribution in [-0.2, 0) is 23.6 Å². The van der Waals surface area contributed by atoms with Crippen molar-refractivity contribution in [2.45, 2.75) is 13.5 Å². The minimum absolute atomic E-state index is 0. The summed E-state index contributed by atoms with van der Waals surface area (Å²) in [7, 11) is 4.51. The summed E-state index contributed by atoms with van der Waals surface area (Å²) < 4.78 is 1.07. The first kappa shape index (κ1) is 20.0. The quantitative estimate of drug-likeness (QED) is 0.427.